The molecule has 4 rings (SSSR count). The molecule has 0 spiro atoms. The number of oxime groups is 1. The zero-order chi connectivity index (χ0) is 22.6. The number of Topliss-reactive ketones (excluding diaryl/α,β-unsaturated/α-hetero) is 1. The Bertz CT molecular complexity index is 838. The van der Waals surface area contributed by atoms with Gasteiger partial charge in [-0.2, -0.15) is 0 Å². The molecule has 8 nitrogen and oxygen atoms in total. The summed E-state index contributed by atoms with van der Waals surface area (Å²) in [5.41, 5.74) is -0.594. The van der Waals surface area contributed by atoms with Crippen LogP contribution < -0.4 is 0 Å². The molecule has 4 aliphatic rings. The third-order valence-corrected chi connectivity index (χ3v) is 9.04. The molecular formula is C23H33NO7. The number of carboxylic acids is 1. The molecule has 31 heavy (non-hydrogen) atoms. The van der Waals surface area contributed by atoms with E-state index in [4.69, 9.17) is 9.94 Å². The summed E-state index contributed by atoms with van der Waals surface area (Å²) in [7, 11) is 0. The van der Waals surface area contributed by atoms with Gasteiger partial charge in [0.25, 0.3) is 0 Å². The maximum Gasteiger partial charge on any atom is 0.344 e. The molecule has 0 bridgehead atoms. The van der Waals surface area contributed by atoms with Crippen molar-refractivity contribution < 1.29 is 34.9 Å². The number of aliphatic carboxylic acids is 1. The van der Waals surface area contributed by atoms with E-state index in [1.807, 2.05) is 13.0 Å². The number of rotatable bonds is 5. The van der Waals surface area contributed by atoms with Gasteiger partial charge in [0.1, 0.15) is 12.2 Å². The molecule has 0 radical (unpaired) electrons. The van der Waals surface area contributed by atoms with E-state index in [2.05, 4.69) is 12.1 Å². The van der Waals surface area contributed by atoms with E-state index in [0.717, 1.165) is 31.4 Å². The first kappa shape index (κ1) is 22.4. The maximum absolute atomic E-state index is 12.5. The van der Waals surface area contributed by atoms with Gasteiger partial charge in [-0.15, -0.1) is 0 Å². The number of carbonyl (C=O) groups excluding carboxylic acids is 1. The summed E-state index contributed by atoms with van der Waals surface area (Å²) in [5, 5.41) is 44.8. The Balaban J connectivity index is 1.62. The van der Waals surface area contributed by atoms with Gasteiger partial charge < -0.3 is 25.3 Å². The highest BCUT2D eigenvalue weighted by atomic mass is 16.6. The van der Waals surface area contributed by atoms with Gasteiger partial charge in [0.15, 0.2) is 5.78 Å². The van der Waals surface area contributed by atoms with E-state index in [1.165, 1.54) is 5.57 Å². The van der Waals surface area contributed by atoms with Crippen molar-refractivity contribution in [1.29, 1.82) is 0 Å². The van der Waals surface area contributed by atoms with Crippen LogP contribution >= 0.6 is 0 Å². The Kier molecular flexibility index (Phi) is 5.55. The average molecular weight is 436 g/mol. The van der Waals surface area contributed by atoms with Gasteiger partial charge in [0.05, 0.1) is 11.8 Å². The normalized spacial score (nSPS) is 45.3. The lowest BCUT2D eigenvalue weighted by Gasteiger charge is -2.60. The number of nitrogens with zero attached hydrogens (tertiary/aromatic N) is 1. The molecule has 0 aromatic rings. The Labute approximate surface area is 182 Å². The fourth-order valence-corrected chi connectivity index (χ4v) is 7.54. The minimum absolute atomic E-state index is 0.0265. The molecule has 0 unspecified atom stereocenters. The number of aliphatic hydroxyl groups excluding tert-OH is 2. The summed E-state index contributed by atoms with van der Waals surface area (Å²) >= 11 is 0. The lowest BCUT2D eigenvalue weighted by Crippen LogP contribution is -2.62. The summed E-state index contributed by atoms with van der Waals surface area (Å²) < 4.78 is 0. The first-order valence-electron chi connectivity index (χ1n) is 11.2. The average Bonchev–Trinajstić information content (AvgIpc) is 2.98. The van der Waals surface area contributed by atoms with Crippen molar-refractivity contribution in [3.63, 3.8) is 0 Å². The minimum Gasteiger partial charge on any atom is -0.479 e. The number of allylic oxidation sites excluding steroid dienone is 2. The number of carbonyl (C=O) groups is 2. The highest BCUT2D eigenvalue weighted by Crippen LogP contribution is 2.67. The predicted molar refractivity (Wildman–Crippen MR) is 111 cm³/mol. The summed E-state index contributed by atoms with van der Waals surface area (Å²) in [4.78, 5) is 28.0. The van der Waals surface area contributed by atoms with Crippen LogP contribution in [0.1, 0.15) is 58.8 Å². The molecule has 3 saturated carbocycles. The SMILES string of the molecule is C[C@]12CC/C(=N\OCC(=O)O)C=C1CC[C@H]1[C@H]2[C@@H](O)C[C@@]2(C)[C@@H]1CC[C@]2(O)C(=O)CO. The van der Waals surface area contributed by atoms with Crippen molar-refractivity contribution in [2.45, 2.75) is 70.5 Å². The first-order valence-corrected chi connectivity index (χ1v) is 11.2. The van der Waals surface area contributed by atoms with E-state index in [1.54, 1.807) is 0 Å². The molecule has 7 atom stereocenters. The lowest BCUT2D eigenvalue weighted by molar-refractivity contribution is -0.181. The Morgan fingerprint density at radius 2 is 1.97 bits per heavy atom. The van der Waals surface area contributed by atoms with Gasteiger partial charge in [0, 0.05) is 5.41 Å². The highest BCUT2D eigenvalue weighted by Gasteiger charge is 2.68. The fourth-order valence-electron chi connectivity index (χ4n) is 7.54. The summed E-state index contributed by atoms with van der Waals surface area (Å²) in [6.45, 7) is 2.95. The van der Waals surface area contributed by atoms with Crippen molar-refractivity contribution >= 4 is 17.5 Å². The molecule has 0 heterocycles. The van der Waals surface area contributed by atoms with E-state index >= 15 is 0 Å². The third kappa shape index (κ3) is 3.26. The van der Waals surface area contributed by atoms with Gasteiger partial charge in [-0.25, -0.2) is 4.79 Å². The largest absolute Gasteiger partial charge is 0.479 e. The molecular weight excluding hydrogens is 402 g/mol. The topological polar surface area (TPSA) is 137 Å². The van der Waals surface area contributed by atoms with Crippen molar-refractivity contribution in [1.82, 2.24) is 0 Å². The van der Waals surface area contributed by atoms with Gasteiger partial charge in [0.2, 0.25) is 6.61 Å². The number of hydrogen-bond donors (Lipinski definition) is 4. The van der Waals surface area contributed by atoms with Gasteiger partial charge in [-0.1, -0.05) is 24.6 Å². The number of hydrogen-bond acceptors (Lipinski definition) is 7. The fraction of sp³-hybridized carbons (Fsp3) is 0.783. The van der Waals surface area contributed by atoms with Crippen LogP contribution in [-0.2, 0) is 14.4 Å². The van der Waals surface area contributed by atoms with Crippen LogP contribution in [0, 0.1) is 28.6 Å². The number of ketones is 1. The van der Waals surface area contributed by atoms with Crippen molar-refractivity contribution in [3.05, 3.63) is 11.6 Å². The Hall–Kier alpha value is -1.77. The zero-order valence-corrected chi connectivity index (χ0v) is 18.2. The number of carboxylic acid groups (broad SMARTS) is 1. The van der Waals surface area contributed by atoms with Crippen LogP contribution in [-0.4, -0.2) is 62.8 Å². The highest BCUT2D eigenvalue weighted by molar-refractivity contribution is 5.96. The molecule has 0 aromatic carbocycles. The van der Waals surface area contributed by atoms with E-state index in [-0.39, 0.29) is 23.2 Å². The zero-order valence-electron chi connectivity index (χ0n) is 18.2. The van der Waals surface area contributed by atoms with Crippen LogP contribution in [0.3, 0.4) is 0 Å². The van der Waals surface area contributed by atoms with Crippen LogP contribution in [0.2, 0.25) is 0 Å². The second-order valence-electron chi connectivity index (χ2n) is 10.3. The van der Waals surface area contributed by atoms with E-state index < -0.39 is 42.1 Å². The summed E-state index contributed by atoms with van der Waals surface area (Å²) in [6, 6.07) is 0. The van der Waals surface area contributed by atoms with Gasteiger partial charge in [-0.05, 0) is 74.2 Å². The van der Waals surface area contributed by atoms with Crippen molar-refractivity contribution in [2.24, 2.45) is 33.7 Å². The number of fused-ring (bicyclic) bond motifs is 5. The van der Waals surface area contributed by atoms with Crippen molar-refractivity contribution in [3.8, 4) is 0 Å². The van der Waals surface area contributed by atoms with E-state index in [0.29, 0.717) is 19.3 Å². The van der Waals surface area contributed by atoms with Crippen LogP contribution in [0.4, 0.5) is 0 Å². The quantitative estimate of drug-likeness (QED) is 0.482. The smallest absolute Gasteiger partial charge is 0.344 e. The van der Waals surface area contributed by atoms with Crippen molar-refractivity contribution in [2.75, 3.05) is 13.2 Å². The third-order valence-electron chi connectivity index (χ3n) is 9.04. The molecule has 0 aliphatic heterocycles. The second kappa shape index (κ2) is 7.67. The molecule has 4 N–H and O–H groups in total. The molecule has 8 heteroatoms. The Morgan fingerprint density at radius 3 is 2.65 bits per heavy atom. The molecule has 0 aromatic heterocycles. The first-order chi connectivity index (χ1) is 14.6. The van der Waals surface area contributed by atoms with Crippen LogP contribution in [0.5, 0.6) is 0 Å². The molecule has 0 amide bonds. The van der Waals surface area contributed by atoms with Gasteiger partial charge >= 0.3 is 5.97 Å². The van der Waals surface area contributed by atoms with E-state index in [9.17, 15) is 24.9 Å². The minimum atomic E-state index is -1.58. The lowest BCUT2D eigenvalue weighted by atomic mass is 9.45. The Morgan fingerprint density at radius 1 is 1.23 bits per heavy atom. The molecule has 0 saturated heterocycles. The molecule has 3 fully saturated rings. The van der Waals surface area contributed by atoms with Gasteiger partial charge in [-0.3, -0.25) is 4.79 Å². The predicted octanol–water partition coefficient (Wildman–Crippen LogP) is 1.67. The van der Waals surface area contributed by atoms with Crippen LogP contribution in [0.25, 0.3) is 0 Å². The van der Waals surface area contributed by atoms with Crippen LogP contribution in [0.15, 0.2) is 16.8 Å². The molecule has 172 valence electrons. The monoisotopic (exact) mass is 435 g/mol. The standard InChI is InChI=1S/C23H33NO7/c1-21-7-5-14(24-31-12-19(28)29)9-13(21)3-4-15-16-6-8-23(30,18(27)11-25)22(16,2)10-17(26)20(15)21/h9,15-17,20,25-26,30H,3-8,10-12H2,1-2H3,(H,28,29)/b24-14+/t15-,16-,17+,20+,21+,22+,23+/m1/s1. The summed E-state index contributed by atoms with van der Waals surface area (Å²) in [5.74, 6) is -1.26. The maximum atomic E-state index is 12.5. The summed E-state index contributed by atoms with van der Waals surface area (Å²) in [6.07, 6.45) is 5.86. The second-order valence-corrected chi connectivity index (χ2v) is 10.3. The molecule has 4 aliphatic carbocycles. The number of aliphatic hydroxyl groups is 3.